The third kappa shape index (κ3) is 3.38. The summed E-state index contributed by atoms with van der Waals surface area (Å²) in [5, 5.41) is 0. The number of para-hydroxylation sites is 1. The summed E-state index contributed by atoms with van der Waals surface area (Å²) >= 11 is 1.58. The zero-order valence-electron chi connectivity index (χ0n) is 12.8. The Morgan fingerprint density at radius 1 is 1.32 bits per heavy atom. The van der Waals surface area contributed by atoms with Crippen LogP contribution in [-0.2, 0) is 11.3 Å². The molecule has 0 radical (unpaired) electrons. The molecule has 1 heterocycles. The average molecular weight is 314 g/mol. The number of fused-ring (bicyclic) bond motifs is 1. The Balaban J connectivity index is 1.88. The molecular weight excluding hydrogens is 292 g/mol. The molecule has 0 atom stereocenters. The average Bonchev–Trinajstić information content (AvgIpc) is 2.86. The lowest BCUT2D eigenvalue weighted by Gasteiger charge is -2.19. The number of amides is 1. The van der Waals surface area contributed by atoms with E-state index < -0.39 is 0 Å². The van der Waals surface area contributed by atoms with Gasteiger partial charge in [0.15, 0.2) is 4.80 Å². The smallest absolute Gasteiger partial charge is 0.248 e. The zero-order chi connectivity index (χ0) is 15.4. The van der Waals surface area contributed by atoms with Crippen molar-refractivity contribution in [2.75, 3.05) is 0 Å². The van der Waals surface area contributed by atoms with Gasteiger partial charge in [-0.05, 0) is 30.9 Å². The fourth-order valence-electron chi connectivity index (χ4n) is 3.20. The topological polar surface area (TPSA) is 34.4 Å². The van der Waals surface area contributed by atoms with Crippen molar-refractivity contribution in [3.8, 4) is 0 Å². The third-order valence-corrected chi connectivity index (χ3v) is 5.37. The molecule has 0 spiro atoms. The molecular formula is C18H22N2OS. The van der Waals surface area contributed by atoms with Gasteiger partial charge < -0.3 is 4.57 Å². The number of hydrogen-bond donors (Lipinski definition) is 0. The van der Waals surface area contributed by atoms with Gasteiger partial charge >= 0.3 is 0 Å². The first kappa shape index (κ1) is 15.2. The normalized spacial score (nSPS) is 17.0. The number of benzene rings is 1. The minimum atomic E-state index is 0.0243. The maximum absolute atomic E-state index is 12.3. The highest BCUT2D eigenvalue weighted by Crippen LogP contribution is 2.26. The predicted octanol–water partition coefficient (Wildman–Crippen LogP) is 4.29. The summed E-state index contributed by atoms with van der Waals surface area (Å²) in [4.78, 5) is 17.5. The lowest BCUT2D eigenvalue weighted by atomic mass is 9.87. The van der Waals surface area contributed by atoms with Gasteiger partial charge in [-0.25, -0.2) is 0 Å². The van der Waals surface area contributed by atoms with Crippen molar-refractivity contribution < 1.29 is 4.79 Å². The number of carbonyl (C=O) groups is 1. The Morgan fingerprint density at radius 2 is 2.09 bits per heavy atom. The van der Waals surface area contributed by atoms with Gasteiger partial charge in [-0.2, -0.15) is 4.99 Å². The summed E-state index contributed by atoms with van der Waals surface area (Å²) in [5.74, 6) is 0.559. The van der Waals surface area contributed by atoms with Crippen LogP contribution in [0, 0.1) is 5.92 Å². The largest absolute Gasteiger partial charge is 0.313 e. The molecule has 0 unspecified atom stereocenters. The molecule has 116 valence electrons. The molecule has 1 fully saturated rings. The van der Waals surface area contributed by atoms with Crippen molar-refractivity contribution in [2.45, 2.75) is 45.1 Å². The molecule has 4 heteroatoms. The highest BCUT2D eigenvalue weighted by Gasteiger charge is 2.17. The van der Waals surface area contributed by atoms with Crippen molar-refractivity contribution in [2.24, 2.45) is 10.9 Å². The van der Waals surface area contributed by atoms with E-state index in [4.69, 9.17) is 0 Å². The van der Waals surface area contributed by atoms with Crippen LogP contribution in [0.5, 0.6) is 0 Å². The van der Waals surface area contributed by atoms with Crippen LogP contribution in [0.1, 0.15) is 38.5 Å². The summed E-state index contributed by atoms with van der Waals surface area (Å²) in [7, 11) is 0. The van der Waals surface area contributed by atoms with Crippen molar-refractivity contribution in [1.82, 2.24) is 4.57 Å². The molecule has 1 saturated carbocycles. The Hall–Kier alpha value is -1.68. The summed E-state index contributed by atoms with van der Waals surface area (Å²) in [6.45, 7) is 4.49. The number of nitrogens with zero attached hydrogens (tertiary/aromatic N) is 2. The molecule has 1 aliphatic rings. The first-order valence-electron chi connectivity index (χ1n) is 8.05. The van der Waals surface area contributed by atoms with E-state index in [-0.39, 0.29) is 5.91 Å². The minimum Gasteiger partial charge on any atom is -0.313 e. The van der Waals surface area contributed by atoms with E-state index in [0.29, 0.717) is 18.9 Å². The van der Waals surface area contributed by atoms with Gasteiger partial charge in [0.05, 0.1) is 10.2 Å². The molecule has 1 amide bonds. The first-order valence-corrected chi connectivity index (χ1v) is 8.86. The van der Waals surface area contributed by atoms with Crippen LogP contribution in [-0.4, -0.2) is 10.5 Å². The standard InChI is InChI=1S/C18H22N2OS/c1-2-12-20-15-10-6-7-11-16(15)22-18(20)19-17(21)13-14-8-4-3-5-9-14/h2,6-7,10-11,14H,1,3-5,8-9,12-13H2. The lowest BCUT2D eigenvalue weighted by molar-refractivity contribution is -0.119. The molecule has 2 aromatic rings. The minimum absolute atomic E-state index is 0.0243. The lowest BCUT2D eigenvalue weighted by Crippen LogP contribution is -2.18. The van der Waals surface area contributed by atoms with Crippen LogP contribution in [0.2, 0.25) is 0 Å². The van der Waals surface area contributed by atoms with Crippen LogP contribution in [0.3, 0.4) is 0 Å². The summed E-state index contributed by atoms with van der Waals surface area (Å²) in [5.41, 5.74) is 1.12. The van der Waals surface area contributed by atoms with Crippen molar-refractivity contribution in [1.29, 1.82) is 0 Å². The van der Waals surface area contributed by atoms with E-state index in [1.807, 2.05) is 18.2 Å². The predicted molar refractivity (Wildman–Crippen MR) is 91.8 cm³/mol. The van der Waals surface area contributed by atoms with Crippen molar-refractivity contribution in [3.05, 3.63) is 41.7 Å². The zero-order valence-corrected chi connectivity index (χ0v) is 13.6. The number of carbonyl (C=O) groups excluding carboxylic acids is 1. The van der Waals surface area contributed by atoms with E-state index in [0.717, 1.165) is 15.0 Å². The molecule has 0 N–H and O–H groups in total. The number of hydrogen-bond acceptors (Lipinski definition) is 2. The Morgan fingerprint density at radius 3 is 2.86 bits per heavy atom. The number of rotatable bonds is 4. The Kier molecular flexibility index (Phi) is 4.88. The first-order chi connectivity index (χ1) is 10.8. The molecule has 1 aromatic carbocycles. The second-order valence-electron chi connectivity index (χ2n) is 5.97. The van der Waals surface area contributed by atoms with E-state index in [1.54, 1.807) is 11.3 Å². The molecule has 1 aromatic heterocycles. The van der Waals surface area contributed by atoms with Gasteiger partial charge in [0.1, 0.15) is 0 Å². The van der Waals surface area contributed by atoms with E-state index in [1.165, 1.54) is 32.1 Å². The Bertz CT molecular complexity index is 735. The second-order valence-corrected chi connectivity index (χ2v) is 6.97. The molecule has 22 heavy (non-hydrogen) atoms. The maximum Gasteiger partial charge on any atom is 0.248 e. The quantitative estimate of drug-likeness (QED) is 0.775. The fourth-order valence-corrected chi connectivity index (χ4v) is 4.26. The summed E-state index contributed by atoms with van der Waals surface area (Å²) < 4.78 is 3.24. The van der Waals surface area contributed by atoms with Crippen LogP contribution < -0.4 is 4.80 Å². The van der Waals surface area contributed by atoms with Crippen LogP contribution in [0.25, 0.3) is 10.2 Å². The highest BCUT2D eigenvalue weighted by atomic mass is 32.1. The molecule has 0 saturated heterocycles. The van der Waals surface area contributed by atoms with Crippen LogP contribution >= 0.6 is 11.3 Å². The Labute approximate surface area is 135 Å². The van der Waals surface area contributed by atoms with Gasteiger partial charge in [0.2, 0.25) is 5.91 Å². The summed E-state index contributed by atoms with van der Waals surface area (Å²) in [6, 6.07) is 8.18. The van der Waals surface area contributed by atoms with E-state index in [2.05, 4.69) is 28.3 Å². The van der Waals surface area contributed by atoms with Crippen LogP contribution in [0.4, 0.5) is 0 Å². The third-order valence-electron chi connectivity index (χ3n) is 4.31. The fraction of sp³-hybridized carbons (Fsp3) is 0.444. The summed E-state index contributed by atoms with van der Waals surface area (Å²) in [6.07, 6.45) is 8.65. The number of thiazole rings is 1. The van der Waals surface area contributed by atoms with E-state index in [9.17, 15) is 4.79 Å². The second kappa shape index (κ2) is 7.05. The molecule has 3 rings (SSSR count). The van der Waals surface area contributed by atoms with E-state index >= 15 is 0 Å². The van der Waals surface area contributed by atoms with Gasteiger partial charge in [-0.1, -0.05) is 48.8 Å². The number of aromatic nitrogens is 1. The maximum atomic E-state index is 12.3. The van der Waals surface area contributed by atoms with Gasteiger partial charge in [0, 0.05) is 13.0 Å². The van der Waals surface area contributed by atoms with Gasteiger partial charge in [-0.15, -0.1) is 6.58 Å². The van der Waals surface area contributed by atoms with Crippen molar-refractivity contribution in [3.63, 3.8) is 0 Å². The molecule has 0 bridgehead atoms. The van der Waals surface area contributed by atoms with Gasteiger partial charge in [-0.3, -0.25) is 4.79 Å². The SMILES string of the molecule is C=CCn1c(=NC(=O)CC2CCCCC2)sc2ccccc21. The number of allylic oxidation sites excluding steroid dienone is 1. The molecule has 0 aliphatic heterocycles. The molecule has 3 nitrogen and oxygen atoms in total. The highest BCUT2D eigenvalue weighted by molar-refractivity contribution is 7.16. The van der Waals surface area contributed by atoms with Crippen LogP contribution in [0.15, 0.2) is 41.9 Å². The van der Waals surface area contributed by atoms with Crippen molar-refractivity contribution >= 4 is 27.5 Å². The monoisotopic (exact) mass is 314 g/mol. The molecule has 1 aliphatic carbocycles. The van der Waals surface area contributed by atoms with Gasteiger partial charge in [0.25, 0.3) is 0 Å².